The molecule has 0 saturated carbocycles. The number of methoxy groups -OCH3 is 1. The van der Waals surface area contributed by atoms with Crippen molar-refractivity contribution in [3.8, 4) is 17.4 Å². The van der Waals surface area contributed by atoms with E-state index in [1.807, 2.05) is 42.5 Å². The molecular formula is C22H23N3O3. The number of nitrogens with one attached hydrogen (secondary N) is 1. The van der Waals surface area contributed by atoms with Crippen LogP contribution in [-0.2, 0) is 13.0 Å². The summed E-state index contributed by atoms with van der Waals surface area (Å²) in [5.41, 5.74) is 7.95. The fourth-order valence-electron chi connectivity index (χ4n) is 2.68. The molecule has 0 unspecified atom stereocenters. The molecule has 1 amide bonds. The maximum Gasteiger partial charge on any atom is 0.250 e. The van der Waals surface area contributed by atoms with E-state index in [0.29, 0.717) is 17.2 Å². The highest BCUT2D eigenvalue weighted by Crippen LogP contribution is 2.20. The second-order valence-electron chi connectivity index (χ2n) is 6.27. The van der Waals surface area contributed by atoms with Crippen LogP contribution in [0.4, 0.5) is 0 Å². The summed E-state index contributed by atoms with van der Waals surface area (Å²) in [6, 6.07) is 19.1. The van der Waals surface area contributed by atoms with Crippen molar-refractivity contribution in [2.24, 2.45) is 5.73 Å². The molecule has 1 heterocycles. The highest BCUT2D eigenvalue weighted by atomic mass is 16.5. The van der Waals surface area contributed by atoms with Crippen LogP contribution in [-0.4, -0.2) is 24.5 Å². The van der Waals surface area contributed by atoms with Gasteiger partial charge in [-0.25, -0.2) is 4.98 Å². The molecule has 3 rings (SSSR count). The lowest BCUT2D eigenvalue weighted by Crippen LogP contribution is -2.16. The van der Waals surface area contributed by atoms with Gasteiger partial charge in [-0.15, -0.1) is 0 Å². The fraction of sp³-hybridized carbons (Fsp3) is 0.182. The smallest absolute Gasteiger partial charge is 0.250 e. The van der Waals surface area contributed by atoms with E-state index in [9.17, 15) is 4.79 Å². The Morgan fingerprint density at radius 3 is 2.54 bits per heavy atom. The fourth-order valence-corrected chi connectivity index (χ4v) is 2.68. The zero-order valence-corrected chi connectivity index (χ0v) is 15.7. The van der Waals surface area contributed by atoms with Gasteiger partial charge in [-0.05, 0) is 54.4 Å². The molecule has 144 valence electrons. The molecule has 0 spiro atoms. The molecule has 0 aliphatic heterocycles. The SMILES string of the molecule is COc1cccc(CNCCc2ccc(Oc3ccc(C(N)=O)cn3)cc2)c1. The van der Waals surface area contributed by atoms with E-state index in [1.165, 1.54) is 17.3 Å². The molecule has 0 aliphatic carbocycles. The van der Waals surface area contributed by atoms with Crippen LogP contribution in [0.25, 0.3) is 0 Å². The Balaban J connectivity index is 1.45. The number of aromatic nitrogens is 1. The van der Waals surface area contributed by atoms with Crippen molar-refractivity contribution in [3.63, 3.8) is 0 Å². The molecule has 0 aliphatic rings. The molecule has 1 aromatic heterocycles. The van der Waals surface area contributed by atoms with Crippen LogP contribution >= 0.6 is 0 Å². The van der Waals surface area contributed by atoms with Gasteiger partial charge in [0.2, 0.25) is 11.8 Å². The maximum atomic E-state index is 11.1. The van der Waals surface area contributed by atoms with Gasteiger partial charge in [0.15, 0.2) is 0 Å². The minimum absolute atomic E-state index is 0.351. The first-order chi connectivity index (χ1) is 13.6. The molecule has 0 radical (unpaired) electrons. The predicted molar refractivity (Wildman–Crippen MR) is 108 cm³/mol. The minimum atomic E-state index is -0.511. The van der Waals surface area contributed by atoms with Crippen LogP contribution in [0.3, 0.4) is 0 Å². The topological polar surface area (TPSA) is 86.5 Å². The summed E-state index contributed by atoms with van der Waals surface area (Å²) in [4.78, 5) is 15.1. The number of nitrogens with zero attached hydrogens (tertiary/aromatic N) is 1. The summed E-state index contributed by atoms with van der Waals surface area (Å²) < 4.78 is 10.9. The Kier molecular flexibility index (Phi) is 6.59. The number of primary amides is 1. The number of nitrogens with two attached hydrogens (primary N) is 1. The van der Waals surface area contributed by atoms with E-state index >= 15 is 0 Å². The number of pyridine rings is 1. The van der Waals surface area contributed by atoms with Crippen LogP contribution in [0.2, 0.25) is 0 Å². The summed E-state index contributed by atoms with van der Waals surface area (Å²) >= 11 is 0. The number of carbonyl (C=O) groups excluding carboxylic acids is 1. The molecule has 0 atom stereocenters. The standard InChI is InChI=1S/C22H23N3O3/c1-27-20-4-2-3-17(13-20)14-24-12-11-16-5-8-19(9-6-16)28-21-10-7-18(15-25-21)22(23)26/h2-10,13,15,24H,11-12,14H2,1H3,(H2,23,26). The normalized spacial score (nSPS) is 10.5. The van der Waals surface area contributed by atoms with E-state index in [0.717, 1.165) is 25.3 Å². The molecule has 6 nitrogen and oxygen atoms in total. The third kappa shape index (κ3) is 5.56. The Morgan fingerprint density at radius 1 is 1.04 bits per heavy atom. The van der Waals surface area contributed by atoms with Crippen molar-refractivity contribution in [1.29, 1.82) is 0 Å². The number of benzene rings is 2. The molecule has 28 heavy (non-hydrogen) atoms. The quantitative estimate of drug-likeness (QED) is 0.559. The Hall–Kier alpha value is -3.38. The number of hydrogen-bond donors (Lipinski definition) is 2. The highest BCUT2D eigenvalue weighted by molar-refractivity contribution is 5.92. The van der Waals surface area contributed by atoms with Gasteiger partial charge in [-0.3, -0.25) is 4.79 Å². The average Bonchev–Trinajstić information content (AvgIpc) is 2.73. The molecule has 6 heteroatoms. The van der Waals surface area contributed by atoms with Crippen molar-refractivity contribution < 1.29 is 14.3 Å². The second kappa shape index (κ2) is 9.53. The number of rotatable bonds is 9. The van der Waals surface area contributed by atoms with Crippen molar-refractivity contribution >= 4 is 5.91 Å². The van der Waals surface area contributed by atoms with Crippen LogP contribution in [0.15, 0.2) is 66.9 Å². The zero-order chi connectivity index (χ0) is 19.8. The third-order valence-electron chi connectivity index (χ3n) is 4.22. The summed E-state index contributed by atoms with van der Waals surface area (Å²) in [5.74, 6) is 1.46. The van der Waals surface area contributed by atoms with Crippen LogP contribution in [0, 0.1) is 0 Å². The number of amides is 1. The molecular weight excluding hydrogens is 354 g/mol. The van der Waals surface area contributed by atoms with Crippen LogP contribution in [0.5, 0.6) is 17.4 Å². The van der Waals surface area contributed by atoms with Crippen LogP contribution in [0.1, 0.15) is 21.5 Å². The van der Waals surface area contributed by atoms with Crippen molar-refractivity contribution in [1.82, 2.24) is 10.3 Å². The monoisotopic (exact) mass is 377 g/mol. The molecule has 3 N–H and O–H groups in total. The lowest BCUT2D eigenvalue weighted by Gasteiger charge is -2.08. The van der Waals surface area contributed by atoms with E-state index in [2.05, 4.69) is 16.4 Å². The summed E-state index contributed by atoms with van der Waals surface area (Å²) in [6.07, 6.45) is 2.32. The van der Waals surface area contributed by atoms with Gasteiger partial charge in [0.25, 0.3) is 0 Å². The van der Waals surface area contributed by atoms with Crippen molar-refractivity contribution in [3.05, 3.63) is 83.6 Å². The maximum absolute atomic E-state index is 11.1. The first kappa shape index (κ1) is 19.4. The largest absolute Gasteiger partial charge is 0.497 e. The second-order valence-corrected chi connectivity index (χ2v) is 6.27. The third-order valence-corrected chi connectivity index (χ3v) is 4.22. The van der Waals surface area contributed by atoms with Gasteiger partial charge in [-0.1, -0.05) is 24.3 Å². The summed E-state index contributed by atoms with van der Waals surface area (Å²) in [7, 11) is 1.67. The Morgan fingerprint density at radius 2 is 1.86 bits per heavy atom. The van der Waals surface area contributed by atoms with E-state index in [4.69, 9.17) is 15.2 Å². The zero-order valence-electron chi connectivity index (χ0n) is 15.7. The van der Waals surface area contributed by atoms with Gasteiger partial charge < -0.3 is 20.5 Å². The summed E-state index contributed by atoms with van der Waals surface area (Å²) in [6.45, 7) is 1.67. The lowest BCUT2D eigenvalue weighted by atomic mass is 10.1. The number of hydrogen-bond acceptors (Lipinski definition) is 5. The van der Waals surface area contributed by atoms with E-state index in [1.54, 1.807) is 19.2 Å². The van der Waals surface area contributed by atoms with Crippen molar-refractivity contribution in [2.45, 2.75) is 13.0 Å². The first-order valence-corrected chi connectivity index (χ1v) is 9.00. The van der Waals surface area contributed by atoms with Gasteiger partial charge in [0.05, 0.1) is 12.7 Å². The predicted octanol–water partition coefficient (Wildman–Crippen LogP) is 3.31. The Labute approximate surface area is 164 Å². The van der Waals surface area contributed by atoms with Gasteiger partial charge in [0, 0.05) is 18.8 Å². The number of ether oxygens (including phenoxy) is 2. The number of carbonyl (C=O) groups is 1. The summed E-state index contributed by atoms with van der Waals surface area (Å²) in [5, 5.41) is 3.44. The minimum Gasteiger partial charge on any atom is -0.497 e. The molecule has 0 bridgehead atoms. The highest BCUT2D eigenvalue weighted by Gasteiger charge is 2.03. The first-order valence-electron chi connectivity index (χ1n) is 9.00. The van der Waals surface area contributed by atoms with Gasteiger partial charge in [-0.2, -0.15) is 0 Å². The van der Waals surface area contributed by atoms with Crippen molar-refractivity contribution in [2.75, 3.05) is 13.7 Å². The van der Waals surface area contributed by atoms with Gasteiger partial charge >= 0.3 is 0 Å². The molecule has 3 aromatic rings. The van der Waals surface area contributed by atoms with Gasteiger partial charge in [0.1, 0.15) is 11.5 Å². The average molecular weight is 377 g/mol. The van der Waals surface area contributed by atoms with Crippen LogP contribution < -0.4 is 20.5 Å². The van der Waals surface area contributed by atoms with E-state index in [-0.39, 0.29) is 0 Å². The molecule has 0 saturated heterocycles. The molecule has 0 fully saturated rings. The van der Waals surface area contributed by atoms with E-state index < -0.39 is 5.91 Å². The molecule has 2 aromatic carbocycles. The lowest BCUT2D eigenvalue weighted by molar-refractivity contribution is 0.1000. The Bertz CT molecular complexity index is 909.